The Bertz CT molecular complexity index is 1190. The van der Waals surface area contributed by atoms with Crippen molar-refractivity contribution in [3.8, 4) is 0 Å². The van der Waals surface area contributed by atoms with Gasteiger partial charge in [0.15, 0.2) is 12.1 Å². The van der Waals surface area contributed by atoms with Crippen molar-refractivity contribution in [3.63, 3.8) is 0 Å². The van der Waals surface area contributed by atoms with Crippen LogP contribution in [0.3, 0.4) is 0 Å². The van der Waals surface area contributed by atoms with E-state index in [9.17, 15) is 14.4 Å². The fourth-order valence-electron chi connectivity index (χ4n) is 4.88. The van der Waals surface area contributed by atoms with Crippen molar-refractivity contribution < 1.29 is 33.3 Å². The zero-order valence-corrected chi connectivity index (χ0v) is 24.6. The lowest BCUT2D eigenvalue weighted by atomic mass is 9.97. The highest BCUT2D eigenvalue weighted by Gasteiger charge is 2.57. The summed E-state index contributed by atoms with van der Waals surface area (Å²) in [6.07, 6.45) is -3.04. The molecule has 0 radical (unpaired) electrons. The van der Waals surface area contributed by atoms with Crippen LogP contribution in [0, 0.1) is 5.92 Å². The molecule has 2 saturated heterocycles. The molecule has 2 aromatic rings. The quantitative estimate of drug-likeness (QED) is 0.352. The van der Waals surface area contributed by atoms with Crippen LogP contribution in [0.1, 0.15) is 50.0 Å². The zero-order valence-electron chi connectivity index (χ0n) is 23.0. The van der Waals surface area contributed by atoms with E-state index >= 15 is 0 Å². The van der Waals surface area contributed by atoms with Crippen molar-refractivity contribution in [3.05, 3.63) is 70.2 Å². The Morgan fingerprint density at radius 1 is 1.02 bits per heavy atom. The molecule has 2 aliphatic heterocycles. The predicted molar refractivity (Wildman–Crippen MR) is 150 cm³/mol. The number of carbonyl (C=O) groups is 3. The number of primary amides is 1. The number of halogens is 1. The average Bonchev–Trinajstić information content (AvgIpc) is 3.37. The third-order valence-corrected chi connectivity index (χ3v) is 7.33. The van der Waals surface area contributed by atoms with Crippen molar-refractivity contribution >= 4 is 33.7 Å². The van der Waals surface area contributed by atoms with Gasteiger partial charge >= 0.3 is 0 Å². The fraction of sp³-hybridized carbons (Fsp3) is 0.483. The number of rotatable bonds is 11. The normalized spacial score (nSPS) is 24.8. The lowest BCUT2D eigenvalue weighted by Crippen LogP contribution is -2.57. The molecule has 0 spiro atoms. The van der Waals surface area contributed by atoms with E-state index < -0.39 is 60.2 Å². The molecule has 2 aliphatic rings. The number of nitrogens with two attached hydrogens (primary N) is 1. The van der Waals surface area contributed by atoms with Gasteiger partial charge in [0.05, 0.1) is 12.6 Å². The summed E-state index contributed by atoms with van der Waals surface area (Å²) in [6, 6.07) is 14.7. The van der Waals surface area contributed by atoms with Gasteiger partial charge in [-0.1, -0.05) is 60.1 Å². The molecule has 0 unspecified atom stereocenters. The Kier molecular flexibility index (Phi) is 9.63. The first-order chi connectivity index (χ1) is 18.9. The number of fused-ring (bicyclic) bond motifs is 1. The molecule has 0 saturated carbocycles. The van der Waals surface area contributed by atoms with Crippen LogP contribution in [0.15, 0.2) is 59.1 Å². The van der Waals surface area contributed by atoms with E-state index in [4.69, 9.17) is 24.7 Å². The van der Waals surface area contributed by atoms with Gasteiger partial charge in [-0.2, -0.15) is 0 Å². The first-order valence-electron chi connectivity index (χ1n) is 13.3. The molecular weight excluding hydrogens is 582 g/mol. The maximum absolute atomic E-state index is 13.5. The summed E-state index contributed by atoms with van der Waals surface area (Å²) < 4.78 is 25.3. The van der Waals surface area contributed by atoms with E-state index in [0.29, 0.717) is 5.56 Å². The lowest BCUT2D eigenvalue weighted by molar-refractivity contribution is -0.222. The Morgan fingerprint density at radius 2 is 1.70 bits per heavy atom. The topological polar surface area (TPSA) is 138 Å². The largest absolute Gasteiger partial charge is 0.370 e. The van der Waals surface area contributed by atoms with Gasteiger partial charge in [-0.15, -0.1) is 0 Å². The number of amides is 3. The summed E-state index contributed by atoms with van der Waals surface area (Å²) >= 11 is 3.35. The molecule has 4 N–H and O–H groups in total. The summed E-state index contributed by atoms with van der Waals surface area (Å²) in [5.41, 5.74) is 6.94. The van der Waals surface area contributed by atoms with Crippen molar-refractivity contribution in [2.75, 3.05) is 0 Å². The minimum absolute atomic E-state index is 0.212. The molecule has 40 heavy (non-hydrogen) atoms. The molecule has 11 heteroatoms. The number of hydrogen-bond acceptors (Lipinski definition) is 7. The highest BCUT2D eigenvalue weighted by molar-refractivity contribution is 9.10. The van der Waals surface area contributed by atoms with Crippen molar-refractivity contribution in [2.45, 2.75) is 83.2 Å². The molecule has 2 heterocycles. The van der Waals surface area contributed by atoms with Crippen LogP contribution < -0.4 is 16.4 Å². The molecule has 3 amide bonds. The Hall–Kier alpha value is -2.83. The highest BCUT2D eigenvalue weighted by Crippen LogP contribution is 2.40. The summed E-state index contributed by atoms with van der Waals surface area (Å²) in [6.45, 7) is 7.46. The molecule has 6 atom stereocenters. The monoisotopic (exact) mass is 617 g/mol. The van der Waals surface area contributed by atoms with Crippen LogP contribution in [-0.4, -0.2) is 60.2 Å². The Labute approximate surface area is 242 Å². The SMILES string of the molecule is CC(C)[C@H](NC(=O)c1ccc(Br)cc1)C(=O)N[C@H](CC(N)=O)[C@H]1O[C@@H]2OC(C)(C)O[C@@H]2[C@H]1OCc1ccccc1. The smallest absolute Gasteiger partial charge is 0.251 e. The first kappa shape index (κ1) is 30.1. The average molecular weight is 619 g/mol. The van der Waals surface area contributed by atoms with E-state index in [1.165, 1.54) is 0 Å². The molecule has 2 aromatic carbocycles. The summed E-state index contributed by atoms with van der Waals surface area (Å²) in [5, 5.41) is 5.70. The summed E-state index contributed by atoms with van der Waals surface area (Å²) in [5.74, 6) is -2.65. The Balaban J connectivity index is 1.53. The van der Waals surface area contributed by atoms with Crippen LogP contribution >= 0.6 is 15.9 Å². The molecule has 0 aliphatic carbocycles. The maximum Gasteiger partial charge on any atom is 0.251 e. The van der Waals surface area contributed by atoms with Crippen molar-refractivity contribution in [1.82, 2.24) is 10.6 Å². The third kappa shape index (κ3) is 7.46. The van der Waals surface area contributed by atoms with Gasteiger partial charge in [0.2, 0.25) is 11.8 Å². The highest BCUT2D eigenvalue weighted by atomic mass is 79.9. The van der Waals surface area contributed by atoms with Crippen LogP contribution in [0.4, 0.5) is 0 Å². The number of carbonyl (C=O) groups excluding carboxylic acids is 3. The molecule has 0 aromatic heterocycles. The number of hydrogen-bond donors (Lipinski definition) is 3. The molecule has 216 valence electrons. The van der Waals surface area contributed by atoms with Gasteiger partial charge in [-0.3, -0.25) is 14.4 Å². The van der Waals surface area contributed by atoms with Gasteiger partial charge in [0, 0.05) is 16.5 Å². The van der Waals surface area contributed by atoms with Crippen LogP contribution in [0.2, 0.25) is 0 Å². The van der Waals surface area contributed by atoms with Crippen LogP contribution in [0.25, 0.3) is 0 Å². The minimum atomic E-state index is -0.892. The number of nitrogens with one attached hydrogen (secondary N) is 2. The predicted octanol–water partition coefficient (Wildman–Crippen LogP) is 3.03. The van der Waals surface area contributed by atoms with E-state index in [2.05, 4.69) is 26.6 Å². The number of ether oxygens (including phenoxy) is 4. The van der Waals surface area contributed by atoms with Crippen molar-refractivity contribution in [1.29, 1.82) is 0 Å². The van der Waals surface area contributed by atoms with E-state index in [-0.39, 0.29) is 18.9 Å². The second kappa shape index (κ2) is 12.8. The molecule has 4 rings (SSSR count). The minimum Gasteiger partial charge on any atom is -0.370 e. The van der Waals surface area contributed by atoms with Crippen LogP contribution in [0.5, 0.6) is 0 Å². The van der Waals surface area contributed by atoms with Gasteiger partial charge in [-0.05, 0) is 49.6 Å². The molecule has 10 nitrogen and oxygen atoms in total. The summed E-state index contributed by atoms with van der Waals surface area (Å²) in [7, 11) is 0. The maximum atomic E-state index is 13.5. The van der Waals surface area contributed by atoms with E-state index in [1.807, 2.05) is 44.2 Å². The van der Waals surface area contributed by atoms with Gasteiger partial charge in [-0.25, -0.2) is 0 Å². The summed E-state index contributed by atoms with van der Waals surface area (Å²) in [4.78, 5) is 38.6. The second-order valence-electron chi connectivity index (χ2n) is 10.8. The molecule has 0 bridgehead atoms. The molecular formula is C29H36BrN3O7. The van der Waals surface area contributed by atoms with Crippen molar-refractivity contribution in [2.24, 2.45) is 11.7 Å². The van der Waals surface area contributed by atoms with Gasteiger partial charge < -0.3 is 35.3 Å². The number of benzene rings is 2. The first-order valence-corrected chi connectivity index (χ1v) is 14.0. The van der Waals surface area contributed by atoms with E-state index in [0.717, 1.165) is 10.0 Å². The zero-order chi connectivity index (χ0) is 29.0. The molecule has 2 fully saturated rings. The second-order valence-corrected chi connectivity index (χ2v) is 11.7. The Morgan fingerprint density at radius 3 is 2.33 bits per heavy atom. The van der Waals surface area contributed by atoms with Gasteiger partial charge in [0.25, 0.3) is 5.91 Å². The van der Waals surface area contributed by atoms with Gasteiger partial charge in [0.1, 0.15) is 24.4 Å². The third-order valence-electron chi connectivity index (χ3n) is 6.80. The standard InChI is InChI=1S/C29H36BrN3O7/c1-16(2)22(33-26(35)18-10-12-19(30)13-11-18)27(36)32-20(14-21(31)34)23-24(37-15-17-8-6-5-7-9-17)25-28(38-23)40-29(3,4)39-25/h5-13,16,20,22-25,28H,14-15H2,1-4H3,(H2,31,34)(H,32,36)(H,33,35)/t20-,22+,23-,24+,25-,28-/m1/s1. The van der Waals surface area contributed by atoms with E-state index in [1.54, 1.807) is 38.1 Å². The fourth-order valence-corrected chi connectivity index (χ4v) is 5.15. The lowest BCUT2D eigenvalue weighted by Gasteiger charge is -2.32. The van der Waals surface area contributed by atoms with Crippen LogP contribution in [-0.2, 0) is 35.1 Å².